The van der Waals surface area contributed by atoms with Gasteiger partial charge in [0.2, 0.25) is 0 Å². The normalized spacial score (nSPS) is 12.3. The number of aromatic carboxylic acids is 1. The molecule has 0 saturated heterocycles. The lowest BCUT2D eigenvalue weighted by atomic mass is 10.0. The molecule has 0 heterocycles. The lowest BCUT2D eigenvalue weighted by Gasteiger charge is -2.30. The summed E-state index contributed by atoms with van der Waals surface area (Å²) in [5, 5.41) is 20.0. The summed E-state index contributed by atoms with van der Waals surface area (Å²) < 4.78 is 0. The summed E-state index contributed by atoms with van der Waals surface area (Å²) in [5.41, 5.74) is 0.325. The first-order chi connectivity index (χ1) is 8.75. The Kier molecular flexibility index (Phi) is 4.47. The number of hydrogen-bond acceptors (Lipinski definition) is 4. The molecule has 0 aromatic heterocycles. The number of nitro benzene ring substituents is 1. The average Bonchev–Trinajstić information content (AvgIpc) is 2.35. The van der Waals surface area contributed by atoms with Gasteiger partial charge in [0.15, 0.2) is 0 Å². The topological polar surface area (TPSA) is 83.7 Å². The monoisotopic (exact) mass is 266 g/mol. The van der Waals surface area contributed by atoms with Gasteiger partial charge in [0.05, 0.1) is 16.2 Å². The summed E-state index contributed by atoms with van der Waals surface area (Å²) in [6.45, 7) is 5.98. The maximum Gasteiger partial charge on any atom is 0.337 e. The van der Waals surface area contributed by atoms with Gasteiger partial charge in [-0.3, -0.25) is 10.1 Å². The quantitative estimate of drug-likeness (QED) is 0.654. The van der Waals surface area contributed by atoms with Gasteiger partial charge in [-0.15, -0.1) is 0 Å². The summed E-state index contributed by atoms with van der Waals surface area (Å²) in [6, 6.07) is 3.86. The molecular formula is C13H18N2O4. The van der Waals surface area contributed by atoms with Gasteiger partial charge in [0.25, 0.3) is 5.69 Å². The number of benzene rings is 1. The van der Waals surface area contributed by atoms with Crippen molar-refractivity contribution < 1.29 is 14.8 Å². The largest absolute Gasteiger partial charge is 0.478 e. The molecule has 19 heavy (non-hydrogen) atoms. The van der Waals surface area contributed by atoms with E-state index in [0.29, 0.717) is 11.6 Å². The first kappa shape index (κ1) is 14.9. The van der Waals surface area contributed by atoms with Crippen LogP contribution in [-0.4, -0.2) is 29.1 Å². The highest BCUT2D eigenvalue weighted by atomic mass is 16.6. The molecule has 1 aromatic rings. The van der Waals surface area contributed by atoms with Crippen LogP contribution in [0.15, 0.2) is 18.2 Å². The zero-order valence-corrected chi connectivity index (χ0v) is 11.5. The lowest BCUT2D eigenvalue weighted by molar-refractivity contribution is -0.384. The molecule has 0 saturated carbocycles. The number of rotatable bonds is 5. The molecule has 0 aliphatic heterocycles. The van der Waals surface area contributed by atoms with E-state index >= 15 is 0 Å². The first-order valence-electron chi connectivity index (χ1n) is 6.00. The molecular weight excluding hydrogens is 248 g/mol. The predicted molar refractivity (Wildman–Crippen MR) is 72.8 cm³/mol. The van der Waals surface area contributed by atoms with Crippen LogP contribution >= 0.6 is 0 Å². The van der Waals surface area contributed by atoms with Crippen molar-refractivity contribution >= 4 is 17.3 Å². The fourth-order valence-electron chi connectivity index (χ4n) is 1.77. The third-order valence-electron chi connectivity index (χ3n) is 3.38. The van der Waals surface area contributed by atoms with Crippen molar-refractivity contribution in [1.82, 2.24) is 0 Å². The number of carboxylic acids is 1. The average molecular weight is 266 g/mol. The van der Waals surface area contributed by atoms with Crippen molar-refractivity contribution in [3.8, 4) is 0 Å². The Morgan fingerprint density at radius 2 is 1.95 bits per heavy atom. The maximum atomic E-state index is 11.2. The number of carbonyl (C=O) groups is 1. The Labute approximate surface area is 111 Å². The van der Waals surface area contributed by atoms with E-state index in [1.807, 2.05) is 20.8 Å². The number of hydrogen-bond donors (Lipinski definition) is 1. The standard InChI is InChI=1S/C13H18N2O4/c1-8(2)9(3)14(4)12-7-10(15(18)19)5-6-11(12)13(16)17/h5-9H,1-4H3,(H,16,17). The van der Waals surface area contributed by atoms with Crippen LogP contribution in [-0.2, 0) is 0 Å². The molecule has 1 aromatic carbocycles. The molecule has 0 spiro atoms. The summed E-state index contributed by atoms with van der Waals surface area (Å²) >= 11 is 0. The summed E-state index contributed by atoms with van der Waals surface area (Å²) in [7, 11) is 1.75. The second-order valence-corrected chi connectivity index (χ2v) is 4.86. The molecule has 0 bridgehead atoms. The molecule has 1 atom stereocenters. The van der Waals surface area contributed by atoms with Crippen molar-refractivity contribution in [1.29, 1.82) is 0 Å². The summed E-state index contributed by atoms with van der Waals surface area (Å²) in [5.74, 6) is -0.793. The van der Waals surface area contributed by atoms with E-state index in [-0.39, 0.29) is 17.3 Å². The minimum Gasteiger partial charge on any atom is -0.478 e. The first-order valence-corrected chi connectivity index (χ1v) is 6.00. The van der Waals surface area contributed by atoms with Gasteiger partial charge in [-0.2, -0.15) is 0 Å². The molecule has 0 fully saturated rings. The number of carboxylic acid groups (broad SMARTS) is 1. The Morgan fingerprint density at radius 1 is 1.37 bits per heavy atom. The van der Waals surface area contributed by atoms with Crippen molar-refractivity contribution in [2.45, 2.75) is 26.8 Å². The van der Waals surface area contributed by atoms with E-state index in [0.717, 1.165) is 0 Å². The van der Waals surface area contributed by atoms with Crippen LogP contribution in [0.4, 0.5) is 11.4 Å². The van der Waals surface area contributed by atoms with E-state index in [1.54, 1.807) is 11.9 Å². The molecule has 0 amide bonds. The Hall–Kier alpha value is -2.11. The third kappa shape index (κ3) is 3.21. The van der Waals surface area contributed by atoms with E-state index in [4.69, 9.17) is 5.11 Å². The van der Waals surface area contributed by atoms with Crippen LogP contribution in [0, 0.1) is 16.0 Å². The minimum absolute atomic E-state index is 0.0695. The highest BCUT2D eigenvalue weighted by Gasteiger charge is 2.22. The molecule has 6 nitrogen and oxygen atoms in total. The predicted octanol–water partition coefficient (Wildman–Crippen LogP) is 2.77. The van der Waals surface area contributed by atoms with Gasteiger partial charge in [-0.1, -0.05) is 13.8 Å². The molecule has 6 heteroatoms. The zero-order chi connectivity index (χ0) is 14.7. The van der Waals surface area contributed by atoms with Gasteiger partial charge in [0, 0.05) is 25.2 Å². The van der Waals surface area contributed by atoms with Gasteiger partial charge in [0.1, 0.15) is 0 Å². The fourth-order valence-corrected chi connectivity index (χ4v) is 1.77. The molecule has 0 aliphatic rings. The third-order valence-corrected chi connectivity index (χ3v) is 3.38. The molecule has 104 valence electrons. The SMILES string of the molecule is CC(C)C(C)N(C)c1cc([N+](=O)[O-])ccc1C(=O)O. The number of non-ortho nitro benzene ring substituents is 1. The van der Waals surface area contributed by atoms with Gasteiger partial charge >= 0.3 is 5.97 Å². The van der Waals surface area contributed by atoms with Crippen LogP contribution in [0.1, 0.15) is 31.1 Å². The summed E-state index contributed by atoms with van der Waals surface area (Å²) in [6.07, 6.45) is 0. The Bertz CT molecular complexity index is 499. The van der Waals surface area contributed by atoms with E-state index < -0.39 is 10.9 Å². The summed E-state index contributed by atoms with van der Waals surface area (Å²) in [4.78, 5) is 23.2. The van der Waals surface area contributed by atoms with Crippen LogP contribution in [0.3, 0.4) is 0 Å². The van der Waals surface area contributed by atoms with E-state index in [1.165, 1.54) is 18.2 Å². The molecule has 1 unspecified atom stereocenters. The van der Waals surface area contributed by atoms with Crippen LogP contribution in [0.5, 0.6) is 0 Å². The van der Waals surface area contributed by atoms with Gasteiger partial charge in [-0.05, 0) is 18.9 Å². The van der Waals surface area contributed by atoms with Crippen molar-refractivity contribution in [2.24, 2.45) is 5.92 Å². The van der Waals surface area contributed by atoms with Crippen LogP contribution in [0.25, 0.3) is 0 Å². The zero-order valence-electron chi connectivity index (χ0n) is 11.5. The van der Waals surface area contributed by atoms with Crippen molar-refractivity contribution in [3.63, 3.8) is 0 Å². The van der Waals surface area contributed by atoms with Gasteiger partial charge < -0.3 is 10.0 Å². The highest BCUT2D eigenvalue weighted by Crippen LogP contribution is 2.28. The van der Waals surface area contributed by atoms with Crippen molar-refractivity contribution in [3.05, 3.63) is 33.9 Å². The number of anilines is 1. The minimum atomic E-state index is -1.09. The Balaban J connectivity index is 3.32. The Morgan fingerprint density at radius 3 is 2.37 bits per heavy atom. The second kappa shape index (κ2) is 5.69. The number of nitro groups is 1. The molecule has 0 radical (unpaired) electrons. The van der Waals surface area contributed by atoms with E-state index in [2.05, 4.69) is 0 Å². The van der Waals surface area contributed by atoms with Crippen molar-refractivity contribution in [2.75, 3.05) is 11.9 Å². The highest BCUT2D eigenvalue weighted by molar-refractivity contribution is 5.95. The van der Waals surface area contributed by atoms with Crippen LogP contribution in [0.2, 0.25) is 0 Å². The molecule has 0 aliphatic carbocycles. The number of nitrogens with zero attached hydrogens (tertiary/aromatic N) is 2. The van der Waals surface area contributed by atoms with Crippen LogP contribution < -0.4 is 4.90 Å². The molecule has 1 rings (SSSR count). The molecule has 1 N–H and O–H groups in total. The fraction of sp³-hybridized carbons (Fsp3) is 0.462. The lowest BCUT2D eigenvalue weighted by Crippen LogP contribution is -2.34. The maximum absolute atomic E-state index is 11.2. The van der Waals surface area contributed by atoms with E-state index in [9.17, 15) is 14.9 Å². The van der Waals surface area contributed by atoms with Gasteiger partial charge in [-0.25, -0.2) is 4.79 Å². The smallest absolute Gasteiger partial charge is 0.337 e. The second-order valence-electron chi connectivity index (χ2n) is 4.86.